The highest BCUT2D eigenvalue weighted by molar-refractivity contribution is 5.47. The summed E-state index contributed by atoms with van der Waals surface area (Å²) in [6, 6.07) is 41.7. The molecule has 2 nitrogen and oxygen atoms in total. The van der Waals surface area contributed by atoms with Crippen LogP contribution < -0.4 is 0 Å². The predicted octanol–water partition coefficient (Wildman–Crippen LogP) is 6.60. The van der Waals surface area contributed by atoms with Crippen LogP contribution in [0.2, 0.25) is 0 Å². The average molecular weight is 409 g/mol. The molecule has 4 rings (SSSR count). The van der Waals surface area contributed by atoms with E-state index in [9.17, 15) is 0 Å². The molecule has 2 heteroatoms. The normalized spacial score (nSPS) is 11.4. The zero-order valence-corrected chi connectivity index (χ0v) is 17.7. The van der Waals surface area contributed by atoms with E-state index >= 15 is 0 Å². The van der Waals surface area contributed by atoms with Crippen LogP contribution >= 0.6 is 0 Å². The second kappa shape index (κ2) is 10.7. The van der Waals surface area contributed by atoms with E-state index in [-0.39, 0.29) is 0 Å². The molecular weight excluding hydrogens is 380 g/mol. The molecule has 31 heavy (non-hydrogen) atoms. The molecule has 0 aromatic heterocycles. The molecule has 0 spiro atoms. The minimum absolute atomic E-state index is 0.591. The van der Waals surface area contributed by atoms with Crippen LogP contribution in [0.3, 0.4) is 0 Å². The molecule has 0 unspecified atom stereocenters. The fourth-order valence-electron chi connectivity index (χ4n) is 3.92. The predicted molar refractivity (Wildman–Crippen MR) is 126 cm³/mol. The van der Waals surface area contributed by atoms with Gasteiger partial charge in [-0.15, -0.1) is 0 Å². The average Bonchev–Trinajstić information content (AvgIpc) is 2.86. The molecule has 4 aromatic carbocycles. The summed E-state index contributed by atoms with van der Waals surface area (Å²) in [5, 5.41) is 0. The Kier molecular flexibility index (Phi) is 7.28. The molecule has 0 fully saturated rings. The van der Waals surface area contributed by atoms with Gasteiger partial charge in [-0.2, -0.15) is 0 Å². The Bertz CT molecular complexity index is 919. The van der Waals surface area contributed by atoms with E-state index in [1.165, 1.54) is 5.56 Å². The van der Waals surface area contributed by atoms with Crippen LogP contribution in [-0.4, -0.2) is 13.2 Å². The van der Waals surface area contributed by atoms with E-state index in [2.05, 4.69) is 84.9 Å². The van der Waals surface area contributed by atoms with Crippen molar-refractivity contribution in [2.75, 3.05) is 13.2 Å². The van der Waals surface area contributed by atoms with Gasteiger partial charge in [0.25, 0.3) is 0 Å². The lowest BCUT2D eigenvalue weighted by Crippen LogP contribution is -2.33. The summed E-state index contributed by atoms with van der Waals surface area (Å²) >= 11 is 0. The van der Waals surface area contributed by atoms with Gasteiger partial charge in [-0.05, 0) is 28.7 Å². The zero-order chi connectivity index (χ0) is 21.2. The molecule has 156 valence electrons. The van der Waals surface area contributed by atoms with Gasteiger partial charge in [-0.1, -0.05) is 121 Å². The third-order valence-electron chi connectivity index (χ3n) is 5.40. The number of ether oxygens (including phenoxy) is 2. The van der Waals surface area contributed by atoms with Gasteiger partial charge in [0, 0.05) is 6.61 Å². The Hall–Kier alpha value is -3.20. The monoisotopic (exact) mass is 408 g/mol. The first kappa shape index (κ1) is 21.0. The molecule has 0 aliphatic rings. The standard InChI is InChI=1S/C29H28O2/c1-5-14-25(15-6-1)24-30-22-13-23-31-29(26-16-7-2-8-17-26,27-18-9-3-10-19-27)28-20-11-4-12-21-28/h1-12,14-21H,13,22-24H2. The van der Waals surface area contributed by atoms with E-state index < -0.39 is 5.60 Å². The molecule has 0 aliphatic carbocycles. The first-order valence-electron chi connectivity index (χ1n) is 10.8. The third kappa shape index (κ3) is 5.11. The summed E-state index contributed by atoms with van der Waals surface area (Å²) in [7, 11) is 0. The van der Waals surface area contributed by atoms with Gasteiger partial charge in [0.1, 0.15) is 5.60 Å². The van der Waals surface area contributed by atoms with Crippen molar-refractivity contribution in [3.05, 3.63) is 144 Å². The van der Waals surface area contributed by atoms with Crippen molar-refractivity contribution in [3.8, 4) is 0 Å². The van der Waals surface area contributed by atoms with Gasteiger partial charge < -0.3 is 9.47 Å². The Labute approximate surface area is 185 Å². The summed E-state index contributed by atoms with van der Waals surface area (Å²) in [4.78, 5) is 0. The molecule has 0 aliphatic heterocycles. The topological polar surface area (TPSA) is 18.5 Å². The van der Waals surface area contributed by atoms with Gasteiger partial charge in [-0.3, -0.25) is 0 Å². The second-order valence-electron chi connectivity index (χ2n) is 7.52. The fraction of sp³-hybridized carbons (Fsp3) is 0.172. The number of rotatable bonds is 10. The lowest BCUT2D eigenvalue weighted by molar-refractivity contribution is -0.00201. The van der Waals surface area contributed by atoms with Crippen molar-refractivity contribution in [1.29, 1.82) is 0 Å². The fourth-order valence-corrected chi connectivity index (χ4v) is 3.92. The summed E-state index contributed by atoms with van der Waals surface area (Å²) in [6.45, 7) is 1.87. The molecular formula is C29H28O2. The van der Waals surface area contributed by atoms with Crippen molar-refractivity contribution >= 4 is 0 Å². The Balaban J connectivity index is 1.54. The first-order valence-corrected chi connectivity index (χ1v) is 10.8. The maximum absolute atomic E-state index is 6.76. The zero-order valence-electron chi connectivity index (χ0n) is 17.7. The van der Waals surface area contributed by atoms with Gasteiger partial charge in [0.2, 0.25) is 0 Å². The van der Waals surface area contributed by atoms with E-state index in [0.29, 0.717) is 19.8 Å². The van der Waals surface area contributed by atoms with E-state index in [0.717, 1.165) is 23.1 Å². The van der Waals surface area contributed by atoms with Crippen LogP contribution in [0.1, 0.15) is 28.7 Å². The van der Waals surface area contributed by atoms with Crippen molar-refractivity contribution in [1.82, 2.24) is 0 Å². The Morgan fingerprint density at radius 1 is 0.484 bits per heavy atom. The number of hydrogen-bond donors (Lipinski definition) is 0. The van der Waals surface area contributed by atoms with Crippen molar-refractivity contribution in [2.24, 2.45) is 0 Å². The van der Waals surface area contributed by atoms with Crippen LogP contribution in [-0.2, 0) is 21.7 Å². The van der Waals surface area contributed by atoms with Gasteiger partial charge >= 0.3 is 0 Å². The summed E-state index contributed by atoms with van der Waals surface area (Å²) in [5.74, 6) is 0. The third-order valence-corrected chi connectivity index (χ3v) is 5.40. The molecule has 0 N–H and O–H groups in total. The van der Waals surface area contributed by atoms with Crippen LogP contribution in [0.5, 0.6) is 0 Å². The van der Waals surface area contributed by atoms with Gasteiger partial charge in [-0.25, -0.2) is 0 Å². The van der Waals surface area contributed by atoms with Gasteiger partial charge in [0.15, 0.2) is 0 Å². The van der Waals surface area contributed by atoms with Gasteiger partial charge in [0.05, 0.1) is 13.2 Å². The van der Waals surface area contributed by atoms with Crippen LogP contribution in [0, 0.1) is 0 Å². The highest BCUT2D eigenvalue weighted by Gasteiger charge is 2.37. The molecule has 0 heterocycles. The van der Waals surface area contributed by atoms with Crippen LogP contribution in [0.4, 0.5) is 0 Å². The molecule has 0 amide bonds. The van der Waals surface area contributed by atoms with E-state index in [1.807, 2.05) is 36.4 Å². The Morgan fingerprint density at radius 3 is 1.35 bits per heavy atom. The highest BCUT2D eigenvalue weighted by Crippen LogP contribution is 2.40. The molecule has 0 saturated carbocycles. The number of benzene rings is 4. The molecule has 0 radical (unpaired) electrons. The smallest absolute Gasteiger partial charge is 0.143 e. The summed E-state index contributed by atoms with van der Waals surface area (Å²) in [5.41, 5.74) is 3.90. The highest BCUT2D eigenvalue weighted by atomic mass is 16.5. The maximum Gasteiger partial charge on any atom is 0.143 e. The Morgan fingerprint density at radius 2 is 0.903 bits per heavy atom. The molecule has 0 atom stereocenters. The quantitative estimate of drug-likeness (QED) is 0.217. The van der Waals surface area contributed by atoms with Crippen LogP contribution in [0.25, 0.3) is 0 Å². The summed E-state index contributed by atoms with van der Waals surface area (Å²) in [6.07, 6.45) is 0.821. The summed E-state index contributed by atoms with van der Waals surface area (Å²) < 4.78 is 12.6. The minimum atomic E-state index is -0.663. The molecule has 0 bridgehead atoms. The van der Waals surface area contributed by atoms with Crippen LogP contribution in [0.15, 0.2) is 121 Å². The van der Waals surface area contributed by atoms with Crippen molar-refractivity contribution in [2.45, 2.75) is 18.6 Å². The van der Waals surface area contributed by atoms with E-state index in [4.69, 9.17) is 9.47 Å². The minimum Gasteiger partial charge on any atom is -0.377 e. The lowest BCUT2D eigenvalue weighted by Gasteiger charge is -2.36. The molecule has 0 saturated heterocycles. The second-order valence-corrected chi connectivity index (χ2v) is 7.52. The molecule has 4 aromatic rings. The lowest BCUT2D eigenvalue weighted by atomic mass is 9.80. The largest absolute Gasteiger partial charge is 0.377 e. The maximum atomic E-state index is 6.76. The van der Waals surface area contributed by atoms with Crippen molar-refractivity contribution in [3.63, 3.8) is 0 Å². The SMILES string of the molecule is c1ccc(COCCCOC(c2ccccc2)(c2ccccc2)c2ccccc2)cc1. The first-order chi connectivity index (χ1) is 15.4. The van der Waals surface area contributed by atoms with E-state index in [1.54, 1.807) is 0 Å². The van der Waals surface area contributed by atoms with Crippen molar-refractivity contribution < 1.29 is 9.47 Å². The number of hydrogen-bond acceptors (Lipinski definition) is 2.